The Labute approximate surface area is 172 Å². The molecule has 4 aliphatic rings. The Morgan fingerprint density at radius 2 is 1.72 bits per heavy atom. The summed E-state index contributed by atoms with van der Waals surface area (Å²) in [6, 6.07) is 9.75. The highest BCUT2D eigenvalue weighted by Gasteiger charge is 2.56. The van der Waals surface area contributed by atoms with Crippen molar-refractivity contribution in [2.45, 2.75) is 19.3 Å². The molecule has 0 radical (unpaired) electrons. The Bertz CT molecular complexity index is 968. The number of nitrogens with one attached hydrogen (secondary N) is 1. The molecule has 1 N–H and O–H groups in total. The number of fused-ring (bicyclic) bond motifs is 1. The van der Waals surface area contributed by atoms with Crippen LogP contribution in [0, 0.1) is 23.7 Å². The van der Waals surface area contributed by atoms with E-state index in [1.54, 1.807) is 0 Å². The smallest absolute Gasteiger partial charge is 0.233 e. The minimum absolute atomic E-state index is 0.0833. The molecule has 6 rings (SSSR count). The van der Waals surface area contributed by atoms with Crippen LogP contribution in [0.5, 0.6) is 0 Å². The van der Waals surface area contributed by atoms with Crippen molar-refractivity contribution < 1.29 is 14.4 Å². The van der Waals surface area contributed by atoms with E-state index in [0.29, 0.717) is 5.13 Å². The van der Waals surface area contributed by atoms with E-state index >= 15 is 0 Å². The summed E-state index contributed by atoms with van der Waals surface area (Å²) in [5, 5.41) is 5.20. The fraction of sp³-hybridized carbons (Fsp3) is 0.364. The van der Waals surface area contributed by atoms with Crippen LogP contribution in [0.1, 0.15) is 19.3 Å². The minimum Gasteiger partial charge on any atom is -0.302 e. The number of anilines is 1. The molecule has 148 valence electrons. The van der Waals surface area contributed by atoms with Crippen LogP contribution >= 0.6 is 11.3 Å². The van der Waals surface area contributed by atoms with Gasteiger partial charge in [-0.3, -0.25) is 19.3 Å². The molecule has 2 fully saturated rings. The molecular weight excluding hydrogens is 386 g/mol. The predicted octanol–water partition coefficient (Wildman–Crippen LogP) is 3.34. The number of allylic oxidation sites excluding steroid dienone is 2. The number of hydrogen-bond donors (Lipinski definition) is 1. The molecule has 2 aromatic rings. The Morgan fingerprint density at radius 3 is 2.34 bits per heavy atom. The first kappa shape index (κ1) is 18.2. The molecule has 1 aromatic heterocycles. The van der Waals surface area contributed by atoms with Gasteiger partial charge in [-0.2, -0.15) is 0 Å². The molecule has 1 aromatic carbocycles. The maximum Gasteiger partial charge on any atom is 0.233 e. The fourth-order valence-electron chi connectivity index (χ4n) is 4.82. The van der Waals surface area contributed by atoms with E-state index in [9.17, 15) is 14.4 Å². The molecule has 1 saturated carbocycles. The third-order valence-corrected chi connectivity index (χ3v) is 6.99. The van der Waals surface area contributed by atoms with Crippen LogP contribution in [0.3, 0.4) is 0 Å². The van der Waals surface area contributed by atoms with Gasteiger partial charge in [-0.05, 0) is 24.7 Å². The largest absolute Gasteiger partial charge is 0.302 e. The van der Waals surface area contributed by atoms with Crippen LogP contribution < -0.4 is 5.32 Å². The first-order chi connectivity index (χ1) is 14.1. The van der Waals surface area contributed by atoms with Crippen LogP contribution in [0.25, 0.3) is 11.3 Å². The lowest BCUT2D eigenvalue weighted by Gasteiger charge is -2.38. The number of carbonyl (C=O) groups excluding carboxylic acids is 3. The van der Waals surface area contributed by atoms with Crippen molar-refractivity contribution in [3.8, 4) is 11.3 Å². The zero-order valence-corrected chi connectivity index (χ0v) is 16.6. The van der Waals surface area contributed by atoms with Crippen molar-refractivity contribution in [1.29, 1.82) is 0 Å². The van der Waals surface area contributed by atoms with Crippen LogP contribution in [0.2, 0.25) is 0 Å². The number of likely N-dealkylation sites (tertiary alicyclic amines) is 1. The monoisotopic (exact) mass is 407 g/mol. The van der Waals surface area contributed by atoms with E-state index in [0.717, 1.165) is 24.1 Å². The second kappa shape index (κ2) is 7.22. The molecule has 3 amide bonds. The molecule has 2 bridgehead atoms. The van der Waals surface area contributed by atoms with E-state index in [1.807, 2.05) is 35.7 Å². The first-order valence-corrected chi connectivity index (χ1v) is 10.8. The SMILES string of the molecule is O=C(CCN1C(=O)C2C3C=CC(CC3)C2C1=O)Nc1nc(-c2ccccc2)cs1. The zero-order chi connectivity index (χ0) is 20.0. The first-order valence-electron chi connectivity index (χ1n) is 9.96. The molecule has 4 unspecified atom stereocenters. The summed E-state index contributed by atoms with van der Waals surface area (Å²) in [7, 11) is 0. The molecule has 6 nitrogen and oxygen atoms in total. The third-order valence-electron chi connectivity index (χ3n) is 6.23. The Balaban J connectivity index is 1.20. The van der Waals surface area contributed by atoms with Gasteiger partial charge in [0.05, 0.1) is 17.5 Å². The van der Waals surface area contributed by atoms with Gasteiger partial charge in [-0.1, -0.05) is 42.5 Å². The topological polar surface area (TPSA) is 79.4 Å². The van der Waals surface area contributed by atoms with Gasteiger partial charge in [-0.15, -0.1) is 11.3 Å². The average molecular weight is 407 g/mol. The molecule has 3 aliphatic carbocycles. The van der Waals surface area contributed by atoms with Gasteiger partial charge in [0.25, 0.3) is 0 Å². The summed E-state index contributed by atoms with van der Waals surface area (Å²) >= 11 is 1.36. The Morgan fingerprint density at radius 1 is 1.07 bits per heavy atom. The van der Waals surface area contributed by atoms with E-state index in [1.165, 1.54) is 16.2 Å². The van der Waals surface area contributed by atoms with Crippen molar-refractivity contribution in [3.63, 3.8) is 0 Å². The van der Waals surface area contributed by atoms with Crippen molar-refractivity contribution in [1.82, 2.24) is 9.88 Å². The van der Waals surface area contributed by atoms with Gasteiger partial charge < -0.3 is 5.32 Å². The minimum atomic E-state index is -0.240. The zero-order valence-electron chi connectivity index (χ0n) is 15.8. The maximum absolute atomic E-state index is 12.8. The van der Waals surface area contributed by atoms with E-state index in [4.69, 9.17) is 0 Å². The summed E-state index contributed by atoms with van der Waals surface area (Å²) in [5.41, 5.74) is 1.80. The quantitative estimate of drug-likeness (QED) is 0.609. The number of nitrogens with zero attached hydrogens (tertiary/aromatic N) is 2. The second-order valence-corrected chi connectivity index (χ2v) is 8.73. The number of amides is 3. The number of benzene rings is 1. The van der Waals surface area contributed by atoms with Crippen LogP contribution in [-0.2, 0) is 14.4 Å². The molecule has 1 saturated heterocycles. The Hall–Kier alpha value is -2.80. The number of carbonyl (C=O) groups is 3. The maximum atomic E-state index is 12.8. The van der Waals surface area contributed by atoms with Crippen LogP contribution in [-0.4, -0.2) is 34.2 Å². The normalized spacial score (nSPS) is 27.4. The van der Waals surface area contributed by atoms with Gasteiger partial charge in [0.15, 0.2) is 5.13 Å². The Kier molecular flexibility index (Phi) is 4.54. The summed E-state index contributed by atoms with van der Waals surface area (Å²) < 4.78 is 0. The lowest BCUT2D eigenvalue weighted by atomic mass is 9.63. The number of rotatable bonds is 5. The number of thiazole rings is 1. The molecular formula is C22H21N3O3S. The highest BCUT2D eigenvalue weighted by atomic mass is 32.1. The fourth-order valence-corrected chi connectivity index (χ4v) is 5.56. The van der Waals surface area contributed by atoms with Crippen molar-refractivity contribution >= 4 is 34.2 Å². The number of imide groups is 1. The molecule has 2 heterocycles. The highest BCUT2D eigenvalue weighted by Crippen LogP contribution is 2.49. The average Bonchev–Trinajstić information content (AvgIpc) is 3.32. The lowest BCUT2D eigenvalue weighted by molar-refractivity contribution is -0.140. The lowest BCUT2D eigenvalue weighted by Crippen LogP contribution is -2.38. The highest BCUT2D eigenvalue weighted by molar-refractivity contribution is 7.14. The van der Waals surface area contributed by atoms with Crippen molar-refractivity contribution in [2.24, 2.45) is 23.7 Å². The number of aromatic nitrogens is 1. The summed E-state index contributed by atoms with van der Waals surface area (Å²) in [6.45, 7) is 0.132. The summed E-state index contributed by atoms with van der Waals surface area (Å²) in [4.78, 5) is 43.7. The molecule has 7 heteroatoms. The molecule has 1 aliphatic heterocycles. The van der Waals surface area contributed by atoms with Gasteiger partial charge in [-0.25, -0.2) is 4.98 Å². The van der Waals surface area contributed by atoms with E-state index in [2.05, 4.69) is 22.5 Å². The number of hydrogen-bond acceptors (Lipinski definition) is 5. The predicted molar refractivity (Wildman–Crippen MR) is 110 cm³/mol. The second-order valence-electron chi connectivity index (χ2n) is 7.87. The van der Waals surface area contributed by atoms with E-state index < -0.39 is 0 Å². The van der Waals surface area contributed by atoms with Crippen LogP contribution in [0.15, 0.2) is 47.9 Å². The van der Waals surface area contributed by atoms with Gasteiger partial charge in [0, 0.05) is 23.9 Å². The summed E-state index contributed by atoms with van der Waals surface area (Å²) in [6.07, 6.45) is 6.24. The standard InChI is InChI=1S/C22H21N3O3S/c26-17(24-22-23-16(12-29-22)13-4-2-1-3-5-13)10-11-25-20(27)18-14-6-7-15(9-8-14)19(18)21(25)28/h1-7,12,14-15,18-19H,8-11H2,(H,23,24,26). The van der Waals surface area contributed by atoms with Crippen LogP contribution in [0.4, 0.5) is 5.13 Å². The van der Waals surface area contributed by atoms with Gasteiger partial charge >= 0.3 is 0 Å². The molecule has 4 atom stereocenters. The molecule has 0 spiro atoms. The van der Waals surface area contributed by atoms with Crippen molar-refractivity contribution in [3.05, 3.63) is 47.9 Å². The van der Waals surface area contributed by atoms with Crippen molar-refractivity contribution in [2.75, 3.05) is 11.9 Å². The summed E-state index contributed by atoms with van der Waals surface area (Å²) in [5.74, 6) is -0.544. The molecule has 29 heavy (non-hydrogen) atoms. The van der Waals surface area contributed by atoms with E-state index in [-0.39, 0.29) is 54.4 Å². The third kappa shape index (κ3) is 3.19. The van der Waals surface area contributed by atoms with Gasteiger partial charge in [0.1, 0.15) is 0 Å². The van der Waals surface area contributed by atoms with Gasteiger partial charge in [0.2, 0.25) is 17.7 Å².